The fraction of sp³-hybridized carbons (Fsp3) is 0.467. The number of nitrogens with two attached hydrogens (primary N) is 1. The van der Waals surface area contributed by atoms with E-state index < -0.39 is 11.9 Å². The van der Waals surface area contributed by atoms with Crippen LogP contribution >= 0.6 is 12.2 Å². The van der Waals surface area contributed by atoms with Gasteiger partial charge in [0.2, 0.25) is 5.91 Å². The molecular weight excluding hydrogens is 289 g/mol. The average molecular weight is 309 g/mol. The van der Waals surface area contributed by atoms with Gasteiger partial charge in [-0.05, 0) is 44.4 Å². The van der Waals surface area contributed by atoms with Gasteiger partial charge in [-0.2, -0.15) is 0 Å². The van der Waals surface area contributed by atoms with Crippen LogP contribution in [0.2, 0.25) is 0 Å². The lowest BCUT2D eigenvalue weighted by molar-refractivity contribution is -0.132. The molecule has 1 aliphatic rings. The molecule has 0 spiro atoms. The minimum atomic E-state index is -0.481. The summed E-state index contributed by atoms with van der Waals surface area (Å²) in [4.78, 5) is 14.2. The molecule has 1 aromatic rings. The number of amides is 1. The van der Waals surface area contributed by atoms with Crippen molar-refractivity contribution in [2.24, 2.45) is 5.73 Å². The maximum absolute atomic E-state index is 13.8. The largest absolute Gasteiger partial charge is 0.389 e. The van der Waals surface area contributed by atoms with Crippen LogP contribution in [0, 0.1) is 5.82 Å². The monoisotopic (exact) mass is 309 g/mol. The van der Waals surface area contributed by atoms with Gasteiger partial charge in [0.25, 0.3) is 0 Å². The molecule has 1 aliphatic heterocycles. The van der Waals surface area contributed by atoms with Crippen LogP contribution < -0.4 is 11.1 Å². The summed E-state index contributed by atoms with van der Waals surface area (Å²) in [5, 5.41) is 3.03. The van der Waals surface area contributed by atoms with Crippen LogP contribution in [0.25, 0.3) is 0 Å². The quantitative estimate of drug-likeness (QED) is 0.838. The van der Waals surface area contributed by atoms with Crippen LogP contribution in [0.5, 0.6) is 0 Å². The maximum atomic E-state index is 13.8. The third-order valence-corrected chi connectivity index (χ3v) is 3.88. The first-order valence-electron chi connectivity index (χ1n) is 7.13. The summed E-state index contributed by atoms with van der Waals surface area (Å²) in [6.07, 6.45) is 3.28. The van der Waals surface area contributed by atoms with E-state index in [1.54, 1.807) is 13.0 Å². The van der Waals surface area contributed by atoms with Crippen molar-refractivity contribution in [2.45, 2.75) is 32.2 Å². The number of rotatable bonds is 4. The highest BCUT2D eigenvalue weighted by Gasteiger charge is 2.22. The molecule has 0 aliphatic carbocycles. The number of likely N-dealkylation sites (tertiary alicyclic amines) is 1. The number of hydrogen-bond donors (Lipinski definition) is 2. The lowest BCUT2D eigenvalue weighted by atomic mass is 10.1. The van der Waals surface area contributed by atoms with Crippen molar-refractivity contribution in [3.8, 4) is 0 Å². The van der Waals surface area contributed by atoms with Gasteiger partial charge in [-0.15, -0.1) is 0 Å². The summed E-state index contributed by atoms with van der Waals surface area (Å²) in [7, 11) is 0. The first kappa shape index (κ1) is 15.7. The van der Waals surface area contributed by atoms with E-state index in [1.807, 2.05) is 4.90 Å². The summed E-state index contributed by atoms with van der Waals surface area (Å²) >= 11 is 4.76. The number of hydrogen-bond acceptors (Lipinski definition) is 3. The lowest BCUT2D eigenvalue weighted by Gasteiger charge is -2.29. The highest BCUT2D eigenvalue weighted by Crippen LogP contribution is 2.17. The van der Waals surface area contributed by atoms with Crippen molar-refractivity contribution in [3.63, 3.8) is 0 Å². The van der Waals surface area contributed by atoms with E-state index in [-0.39, 0.29) is 16.5 Å². The number of piperidine rings is 1. The molecule has 1 fully saturated rings. The molecule has 1 heterocycles. The summed E-state index contributed by atoms with van der Waals surface area (Å²) in [6, 6.07) is 4.13. The van der Waals surface area contributed by atoms with Crippen LogP contribution in [-0.4, -0.2) is 34.9 Å². The van der Waals surface area contributed by atoms with E-state index in [2.05, 4.69) is 5.32 Å². The topological polar surface area (TPSA) is 58.4 Å². The number of anilines is 1. The van der Waals surface area contributed by atoms with Gasteiger partial charge in [-0.1, -0.05) is 12.2 Å². The molecule has 2 rings (SSSR count). The van der Waals surface area contributed by atoms with E-state index in [4.69, 9.17) is 18.0 Å². The molecule has 0 aromatic heterocycles. The van der Waals surface area contributed by atoms with Crippen LogP contribution in [0.4, 0.5) is 10.1 Å². The van der Waals surface area contributed by atoms with Gasteiger partial charge in [-0.25, -0.2) is 4.39 Å². The number of thiocarbonyl (C=S) groups is 1. The second kappa shape index (κ2) is 6.85. The summed E-state index contributed by atoms with van der Waals surface area (Å²) < 4.78 is 13.8. The highest BCUT2D eigenvalue weighted by molar-refractivity contribution is 7.80. The van der Waals surface area contributed by atoms with Crippen molar-refractivity contribution in [2.75, 3.05) is 18.4 Å². The van der Waals surface area contributed by atoms with Gasteiger partial charge in [0.05, 0.1) is 0 Å². The van der Waals surface area contributed by atoms with Crippen molar-refractivity contribution >= 4 is 28.8 Å². The Kier molecular flexibility index (Phi) is 5.12. The molecule has 114 valence electrons. The highest BCUT2D eigenvalue weighted by atomic mass is 32.1. The average Bonchev–Trinajstić information content (AvgIpc) is 2.47. The van der Waals surface area contributed by atoms with Crippen LogP contribution in [0.15, 0.2) is 18.2 Å². The van der Waals surface area contributed by atoms with Crippen molar-refractivity contribution in [1.29, 1.82) is 0 Å². The van der Waals surface area contributed by atoms with Crippen LogP contribution in [-0.2, 0) is 4.79 Å². The standard InChI is InChI=1S/C15H20FN3OS/c1-10(15(20)19-7-3-2-4-8-19)18-11-5-6-12(14(17)21)13(16)9-11/h5-6,9-10,18H,2-4,7-8H2,1H3,(H2,17,21). The van der Waals surface area contributed by atoms with Gasteiger partial charge in [-0.3, -0.25) is 4.79 Å². The van der Waals surface area contributed by atoms with Crippen molar-refractivity contribution < 1.29 is 9.18 Å². The summed E-state index contributed by atoms with van der Waals surface area (Å²) in [5.41, 5.74) is 6.18. The lowest BCUT2D eigenvalue weighted by Crippen LogP contribution is -2.43. The zero-order valence-electron chi connectivity index (χ0n) is 12.1. The first-order valence-corrected chi connectivity index (χ1v) is 7.54. The number of benzene rings is 1. The molecular formula is C15H20FN3OS. The Hall–Kier alpha value is -1.69. The fourth-order valence-electron chi connectivity index (χ4n) is 2.50. The Balaban J connectivity index is 2.01. The number of halogens is 1. The van der Waals surface area contributed by atoms with E-state index in [0.717, 1.165) is 25.9 Å². The normalized spacial score (nSPS) is 16.4. The number of nitrogens with zero attached hydrogens (tertiary/aromatic N) is 1. The zero-order valence-corrected chi connectivity index (χ0v) is 12.9. The molecule has 1 aromatic carbocycles. The van der Waals surface area contributed by atoms with E-state index >= 15 is 0 Å². The van der Waals surface area contributed by atoms with E-state index in [1.165, 1.54) is 18.6 Å². The minimum Gasteiger partial charge on any atom is -0.389 e. The Bertz CT molecular complexity index is 544. The zero-order chi connectivity index (χ0) is 15.4. The first-order chi connectivity index (χ1) is 9.99. The van der Waals surface area contributed by atoms with Crippen molar-refractivity contribution in [1.82, 2.24) is 4.90 Å². The molecule has 0 bridgehead atoms. The molecule has 1 amide bonds. The third kappa shape index (κ3) is 3.91. The summed E-state index contributed by atoms with van der Waals surface area (Å²) in [6.45, 7) is 3.40. The second-order valence-corrected chi connectivity index (χ2v) is 5.75. The maximum Gasteiger partial charge on any atom is 0.244 e. The predicted octanol–water partition coefficient (Wildman–Crippen LogP) is 2.27. The molecule has 6 heteroatoms. The van der Waals surface area contributed by atoms with Gasteiger partial charge < -0.3 is 16.0 Å². The molecule has 21 heavy (non-hydrogen) atoms. The Morgan fingerprint density at radius 1 is 1.38 bits per heavy atom. The van der Waals surface area contributed by atoms with Gasteiger partial charge in [0.15, 0.2) is 0 Å². The Morgan fingerprint density at radius 3 is 2.62 bits per heavy atom. The fourth-order valence-corrected chi connectivity index (χ4v) is 2.67. The van der Waals surface area contributed by atoms with E-state index in [9.17, 15) is 9.18 Å². The SMILES string of the molecule is CC(Nc1ccc(C(N)=S)c(F)c1)C(=O)N1CCCCC1. The summed E-state index contributed by atoms with van der Waals surface area (Å²) in [5.74, 6) is -0.432. The predicted molar refractivity (Wildman–Crippen MR) is 85.8 cm³/mol. The van der Waals surface area contributed by atoms with E-state index in [0.29, 0.717) is 5.69 Å². The molecule has 0 radical (unpaired) electrons. The molecule has 1 unspecified atom stereocenters. The Morgan fingerprint density at radius 2 is 2.05 bits per heavy atom. The molecule has 1 atom stereocenters. The van der Waals surface area contributed by atoms with Crippen LogP contribution in [0.1, 0.15) is 31.7 Å². The van der Waals surface area contributed by atoms with Crippen molar-refractivity contribution in [3.05, 3.63) is 29.6 Å². The molecule has 4 nitrogen and oxygen atoms in total. The number of carbonyl (C=O) groups is 1. The van der Waals surface area contributed by atoms with Gasteiger partial charge in [0, 0.05) is 24.3 Å². The second-order valence-electron chi connectivity index (χ2n) is 5.31. The molecule has 0 saturated carbocycles. The van der Waals surface area contributed by atoms with Gasteiger partial charge >= 0.3 is 0 Å². The Labute approximate surface area is 129 Å². The number of nitrogens with one attached hydrogen (secondary N) is 1. The minimum absolute atomic E-state index is 0.0245. The molecule has 3 N–H and O–H groups in total. The third-order valence-electron chi connectivity index (χ3n) is 3.66. The van der Waals surface area contributed by atoms with Gasteiger partial charge in [0.1, 0.15) is 16.8 Å². The smallest absolute Gasteiger partial charge is 0.244 e. The molecule has 1 saturated heterocycles. The number of carbonyl (C=O) groups excluding carboxylic acids is 1. The van der Waals surface area contributed by atoms with Crippen LogP contribution in [0.3, 0.4) is 0 Å².